The quantitative estimate of drug-likeness (QED) is 0.628. The summed E-state index contributed by atoms with van der Waals surface area (Å²) in [5.74, 6) is 0. The molecule has 0 atom stereocenters. The van der Waals surface area contributed by atoms with Crippen molar-refractivity contribution in [2.45, 2.75) is 13.8 Å². The predicted octanol–water partition coefficient (Wildman–Crippen LogP) is 2.35. The molecule has 0 fully saturated rings. The van der Waals surface area contributed by atoms with Crippen LogP contribution in [-0.4, -0.2) is 0 Å². The van der Waals surface area contributed by atoms with Crippen molar-refractivity contribution < 1.29 is 39.6 Å². The van der Waals surface area contributed by atoms with Gasteiger partial charge in [0.2, 0.25) is 0 Å². The molecule has 0 saturated heterocycles. The van der Waals surface area contributed by atoms with Crippen molar-refractivity contribution in [3.8, 4) is 0 Å². The van der Waals surface area contributed by atoms with Gasteiger partial charge < -0.3 is 19.6 Å². The molecule has 0 aliphatic heterocycles. The van der Waals surface area contributed by atoms with Crippen LogP contribution >= 0.6 is 0 Å². The smallest absolute Gasteiger partial charge is 0.358 e. The molecule has 59 valence electrons. The summed E-state index contributed by atoms with van der Waals surface area (Å²) < 4.78 is 0. The van der Waals surface area contributed by atoms with E-state index in [1.54, 1.807) is 0 Å². The van der Waals surface area contributed by atoms with E-state index in [0.29, 0.717) is 0 Å². The van der Waals surface area contributed by atoms with Crippen LogP contribution in [0.2, 0.25) is 0 Å². The number of hydrogen-bond donors (Lipinski definition) is 0. The summed E-state index contributed by atoms with van der Waals surface area (Å²) in [4.78, 5) is 0. The zero-order chi connectivity index (χ0) is 5.98. The first-order valence-corrected chi connectivity index (χ1v) is 2.65. The molecule has 0 heterocycles. The molecule has 2 heteroatoms. The Morgan fingerprint density at radius 3 is 1.64 bits per heavy atom. The van der Waals surface area contributed by atoms with E-state index in [4.69, 9.17) is 0 Å². The monoisotopic (exact) mass is 354 g/mol. The van der Waals surface area contributed by atoms with Crippen LogP contribution in [0.15, 0.2) is 12.1 Å². The molecule has 0 unspecified atom stereocenters. The van der Waals surface area contributed by atoms with Crippen molar-refractivity contribution in [3.05, 3.63) is 42.8 Å². The number of benzene rings is 1. The summed E-state index contributed by atoms with van der Waals surface area (Å²) >= 11 is 0. The second-order valence-electron chi connectivity index (χ2n) is 1.95. The zero-order valence-corrected chi connectivity index (χ0v) is 11.3. The number of aryl methyl sites for hydroxylation is 2. The summed E-state index contributed by atoms with van der Waals surface area (Å²) in [5, 5.41) is 0. The Labute approximate surface area is 95.9 Å². The van der Waals surface area contributed by atoms with E-state index in [2.05, 4.69) is 12.1 Å². The Morgan fingerprint density at radius 2 is 1.45 bits per heavy atom. The molecular weight excluding hydrogens is 343 g/mol. The van der Waals surface area contributed by atoms with Gasteiger partial charge >= 0.3 is 18.6 Å². The second-order valence-corrected chi connectivity index (χ2v) is 1.95. The van der Waals surface area contributed by atoms with Crippen molar-refractivity contribution in [1.82, 2.24) is 0 Å². The van der Waals surface area contributed by atoms with Gasteiger partial charge in [-0.25, -0.2) is 0 Å². The molecule has 0 bridgehead atoms. The van der Waals surface area contributed by atoms with Gasteiger partial charge in [-0.15, -0.1) is 13.8 Å². The van der Waals surface area contributed by atoms with Gasteiger partial charge in [-0.2, -0.15) is 0 Å². The summed E-state index contributed by atoms with van der Waals surface area (Å²) in [6, 6.07) is 9.98. The molecule has 1 radical (unpaired) electrons. The van der Waals surface area contributed by atoms with Crippen LogP contribution < -0.4 is 0 Å². The molecule has 1 aromatic carbocycles. The van der Waals surface area contributed by atoms with Gasteiger partial charge in [-0.05, 0) is 0 Å². The van der Waals surface area contributed by atoms with Gasteiger partial charge in [0.15, 0.2) is 0 Å². The average molecular weight is 354 g/mol. The standard InChI is InChI=1S/C8H8.CH3.V.W/c1-7-4-3-5-8(2)6-7;;;/h4-5H,1-2H3;1H3;;/q-2;-1;+2;. The first kappa shape index (κ1) is 17.5. The third-order valence-corrected chi connectivity index (χ3v) is 0.994. The van der Waals surface area contributed by atoms with Crippen LogP contribution in [0, 0.1) is 33.4 Å². The predicted molar refractivity (Wildman–Crippen MR) is 40.0 cm³/mol. The molecule has 0 spiro atoms. The first-order valence-electron chi connectivity index (χ1n) is 2.65. The molecule has 0 aliphatic carbocycles. The largest absolute Gasteiger partial charge is 2.00 e. The third kappa shape index (κ3) is 6.87. The second kappa shape index (κ2) is 8.59. The number of rotatable bonds is 0. The van der Waals surface area contributed by atoms with Crippen LogP contribution in [0.25, 0.3) is 0 Å². The minimum absolute atomic E-state index is 0. The van der Waals surface area contributed by atoms with Gasteiger partial charge in [0.25, 0.3) is 0 Å². The molecule has 0 N–H and O–H groups in total. The van der Waals surface area contributed by atoms with Crippen molar-refractivity contribution in [3.63, 3.8) is 0 Å². The molecule has 0 aliphatic rings. The minimum atomic E-state index is 0. The molecule has 1 rings (SSSR count). The van der Waals surface area contributed by atoms with Crippen LogP contribution in [0.5, 0.6) is 0 Å². The molecular formula is C9H11VW-. The average Bonchev–Trinajstić information content (AvgIpc) is 1.64. The molecule has 0 aromatic heterocycles. The van der Waals surface area contributed by atoms with Crippen molar-refractivity contribution in [2.24, 2.45) is 0 Å². The molecule has 0 saturated carbocycles. The summed E-state index contributed by atoms with van der Waals surface area (Å²) in [7, 11) is 0. The SMILES string of the molecule is Cc1[c-]c(C)c[c-]c1.[CH3-].[V+2].[W]. The van der Waals surface area contributed by atoms with Gasteiger partial charge in [-0.1, -0.05) is 0 Å². The Hall–Kier alpha value is 0.493. The maximum absolute atomic E-state index is 3.14. The Balaban J connectivity index is -0.000000213. The Kier molecular flexibility index (Phi) is 13.7. The molecule has 1 aromatic rings. The first-order chi connectivity index (χ1) is 3.79. The molecule has 0 nitrogen and oxygen atoms in total. The van der Waals surface area contributed by atoms with E-state index in [1.807, 2.05) is 26.0 Å². The fraction of sp³-hybridized carbons (Fsp3) is 0.222. The van der Waals surface area contributed by atoms with E-state index >= 15 is 0 Å². The summed E-state index contributed by atoms with van der Waals surface area (Å²) in [6.45, 7) is 4.03. The van der Waals surface area contributed by atoms with Crippen molar-refractivity contribution in [1.29, 1.82) is 0 Å². The van der Waals surface area contributed by atoms with Gasteiger partial charge in [-0.3, -0.25) is 23.3 Å². The normalized spacial score (nSPS) is 6.73. The van der Waals surface area contributed by atoms with Gasteiger partial charge in [0, 0.05) is 21.1 Å². The van der Waals surface area contributed by atoms with E-state index in [-0.39, 0.29) is 47.0 Å². The van der Waals surface area contributed by atoms with Crippen LogP contribution in [-0.2, 0) is 39.6 Å². The van der Waals surface area contributed by atoms with Gasteiger partial charge in [0.05, 0.1) is 0 Å². The number of hydrogen-bond acceptors (Lipinski definition) is 0. The fourth-order valence-corrected chi connectivity index (χ4v) is 0.675. The topological polar surface area (TPSA) is 0 Å². The van der Waals surface area contributed by atoms with E-state index in [9.17, 15) is 0 Å². The zero-order valence-electron chi connectivity index (χ0n) is 7.01. The Morgan fingerprint density at radius 1 is 1.09 bits per heavy atom. The van der Waals surface area contributed by atoms with Gasteiger partial charge in [0.1, 0.15) is 0 Å². The van der Waals surface area contributed by atoms with Crippen LogP contribution in [0.1, 0.15) is 11.1 Å². The maximum Gasteiger partial charge on any atom is 2.00 e. The van der Waals surface area contributed by atoms with Crippen LogP contribution in [0.4, 0.5) is 0 Å². The molecule has 11 heavy (non-hydrogen) atoms. The Bertz CT molecular complexity index is 169. The van der Waals surface area contributed by atoms with Crippen molar-refractivity contribution in [2.75, 3.05) is 0 Å². The third-order valence-electron chi connectivity index (χ3n) is 0.994. The van der Waals surface area contributed by atoms with Crippen LogP contribution in [0.3, 0.4) is 0 Å². The molecule has 0 amide bonds. The van der Waals surface area contributed by atoms with E-state index in [1.165, 1.54) is 0 Å². The fourth-order valence-electron chi connectivity index (χ4n) is 0.675. The summed E-state index contributed by atoms with van der Waals surface area (Å²) in [6.07, 6.45) is 0. The summed E-state index contributed by atoms with van der Waals surface area (Å²) in [5.41, 5.74) is 2.31. The van der Waals surface area contributed by atoms with Crippen molar-refractivity contribution >= 4 is 0 Å². The van der Waals surface area contributed by atoms with E-state index in [0.717, 1.165) is 11.1 Å². The minimum Gasteiger partial charge on any atom is -0.358 e. The van der Waals surface area contributed by atoms with E-state index < -0.39 is 0 Å². The maximum atomic E-state index is 3.14.